The Morgan fingerprint density at radius 2 is 1.33 bits per heavy atom. The van der Waals surface area contributed by atoms with Crippen LogP contribution >= 0.6 is 0 Å². The molecule has 0 aromatic carbocycles. The highest BCUT2D eigenvalue weighted by Gasteiger charge is 2.77. The van der Waals surface area contributed by atoms with Crippen LogP contribution in [-0.4, -0.2) is 41.9 Å². The number of piperidine rings is 1. The van der Waals surface area contributed by atoms with Gasteiger partial charge in [0.15, 0.2) is 0 Å². The fourth-order valence-electron chi connectivity index (χ4n) is 1.89. The first-order chi connectivity index (χ1) is 8.05. The molecule has 0 amide bonds. The summed E-state index contributed by atoms with van der Waals surface area (Å²) in [6.07, 6.45) is -5.48. The van der Waals surface area contributed by atoms with Crippen molar-refractivity contribution in [1.29, 1.82) is 0 Å². The first-order valence-corrected chi connectivity index (χ1v) is 5.13. The van der Waals surface area contributed by atoms with Gasteiger partial charge in [0.1, 0.15) is 0 Å². The number of likely N-dealkylation sites (tertiary alicyclic amines) is 1. The quantitative estimate of drug-likeness (QED) is 0.450. The summed E-state index contributed by atoms with van der Waals surface area (Å²) < 4.78 is 89.5. The summed E-state index contributed by atoms with van der Waals surface area (Å²) in [5.74, 6) is -11.1. The van der Waals surface area contributed by atoms with Crippen molar-refractivity contribution >= 4 is 6.04 Å². The van der Waals surface area contributed by atoms with Crippen molar-refractivity contribution < 1.29 is 35.5 Å². The van der Waals surface area contributed by atoms with Gasteiger partial charge in [0.05, 0.1) is 0 Å². The lowest BCUT2D eigenvalue weighted by Gasteiger charge is -2.42. The minimum atomic E-state index is -6.07. The van der Waals surface area contributed by atoms with E-state index in [0.29, 0.717) is 6.42 Å². The van der Waals surface area contributed by atoms with Gasteiger partial charge in [0.2, 0.25) is 0 Å². The highest BCUT2D eigenvalue weighted by atomic mass is 19.4. The molecule has 0 saturated carbocycles. The molecular formula is C9H10F7NO. The number of rotatable bonds is 3. The number of hydrogen-bond donors (Lipinski definition) is 0. The first kappa shape index (κ1) is 15.2. The van der Waals surface area contributed by atoms with Gasteiger partial charge in [-0.2, -0.15) is 26.3 Å². The lowest BCUT2D eigenvalue weighted by Crippen LogP contribution is -2.68. The van der Waals surface area contributed by atoms with Gasteiger partial charge in [-0.25, -0.2) is 4.39 Å². The lowest BCUT2D eigenvalue weighted by atomic mass is 10.0. The molecule has 1 unspecified atom stereocenters. The molecule has 1 fully saturated rings. The topological polar surface area (TPSA) is 20.3 Å². The van der Waals surface area contributed by atoms with E-state index in [0.717, 1.165) is 0 Å². The molecule has 1 atom stereocenters. The average Bonchev–Trinajstić information content (AvgIpc) is 2.27. The molecule has 9 heteroatoms. The molecule has 0 aliphatic carbocycles. The zero-order chi connectivity index (χ0) is 14.2. The van der Waals surface area contributed by atoms with Crippen LogP contribution in [0.4, 0.5) is 30.7 Å². The molecule has 0 bridgehead atoms. The maximum absolute atomic E-state index is 13.8. The van der Waals surface area contributed by atoms with Crippen molar-refractivity contribution in [3.05, 3.63) is 0 Å². The maximum Gasteiger partial charge on any atom is 0.443 e. The Morgan fingerprint density at radius 1 is 0.889 bits per heavy atom. The summed E-state index contributed by atoms with van der Waals surface area (Å²) in [6, 6.07) is -3.63. The molecule has 0 N–H and O–H groups in total. The summed E-state index contributed by atoms with van der Waals surface area (Å²) in [5.41, 5.74) is 0. The number of hydrogen-bond acceptors (Lipinski definition) is 2. The Bertz CT molecular complexity index is 323. The van der Waals surface area contributed by atoms with E-state index in [-0.39, 0.29) is 17.7 Å². The van der Waals surface area contributed by atoms with Crippen LogP contribution in [-0.2, 0) is 4.79 Å². The summed E-state index contributed by atoms with van der Waals surface area (Å²) in [7, 11) is 0. The highest BCUT2D eigenvalue weighted by molar-refractivity contribution is 5.78. The second-order valence-electron chi connectivity index (χ2n) is 4.02. The van der Waals surface area contributed by atoms with Crippen molar-refractivity contribution in [1.82, 2.24) is 4.90 Å². The largest absolute Gasteiger partial charge is 0.443 e. The average molecular weight is 281 g/mol. The van der Waals surface area contributed by atoms with Gasteiger partial charge in [-0.05, 0) is 12.8 Å². The predicted octanol–water partition coefficient (Wildman–Crippen LogP) is 2.83. The predicted molar refractivity (Wildman–Crippen MR) is 46.4 cm³/mol. The summed E-state index contributed by atoms with van der Waals surface area (Å²) in [5, 5.41) is 0. The third-order valence-corrected chi connectivity index (χ3v) is 2.83. The Balaban J connectivity index is 3.22. The van der Waals surface area contributed by atoms with E-state index in [1.807, 2.05) is 0 Å². The van der Waals surface area contributed by atoms with Crippen LogP contribution in [0.3, 0.4) is 0 Å². The van der Waals surface area contributed by atoms with E-state index in [9.17, 15) is 35.5 Å². The molecule has 1 heterocycles. The molecular weight excluding hydrogens is 271 g/mol. The number of carbonyl (C=O) groups excluding carboxylic acids is 1. The van der Waals surface area contributed by atoms with Crippen molar-refractivity contribution in [3.8, 4) is 0 Å². The minimum Gasteiger partial charge on any atom is -0.258 e. The van der Waals surface area contributed by atoms with Crippen molar-refractivity contribution in [2.75, 3.05) is 13.1 Å². The normalized spacial score (nSPS) is 22.6. The van der Waals surface area contributed by atoms with E-state index < -0.39 is 37.0 Å². The van der Waals surface area contributed by atoms with E-state index in [2.05, 4.69) is 0 Å². The smallest absolute Gasteiger partial charge is 0.258 e. The molecule has 106 valence electrons. The van der Waals surface area contributed by atoms with Gasteiger partial charge in [-0.1, -0.05) is 6.42 Å². The van der Waals surface area contributed by atoms with Crippen LogP contribution in [0.25, 0.3) is 0 Å². The van der Waals surface area contributed by atoms with Crippen LogP contribution in [0.1, 0.15) is 19.3 Å². The van der Waals surface area contributed by atoms with Crippen LogP contribution in [0.5, 0.6) is 0 Å². The minimum absolute atomic E-state index is 0.0678. The number of nitrogens with zero attached hydrogens (tertiary/aromatic N) is 1. The van der Waals surface area contributed by atoms with Gasteiger partial charge in [-0.15, -0.1) is 0 Å². The molecule has 2 nitrogen and oxygen atoms in total. The number of alkyl halides is 6. The lowest BCUT2D eigenvalue weighted by molar-refractivity contribution is -0.348. The molecule has 1 rings (SSSR count). The zero-order valence-electron chi connectivity index (χ0n) is 9.04. The van der Waals surface area contributed by atoms with E-state index in [4.69, 9.17) is 0 Å². The summed E-state index contributed by atoms with van der Waals surface area (Å²) >= 11 is 0. The Hall–Kier alpha value is -0.860. The summed E-state index contributed by atoms with van der Waals surface area (Å²) in [4.78, 5) is 9.80. The molecule has 1 aliphatic heterocycles. The van der Waals surface area contributed by atoms with Gasteiger partial charge in [0.25, 0.3) is 0 Å². The Kier molecular flexibility index (Phi) is 3.94. The van der Waals surface area contributed by atoms with Crippen molar-refractivity contribution in [2.45, 2.75) is 37.2 Å². The molecule has 18 heavy (non-hydrogen) atoms. The third-order valence-electron chi connectivity index (χ3n) is 2.83. The second-order valence-corrected chi connectivity index (χ2v) is 4.02. The Labute approximate surface area is 97.7 Å². The summed E-state index contributed by atoms with van der Waals surface area (Å²) in [6.45, 7) is -1.22. The molecule has 1 aliphatic rings. The Morgan fingerprint density at radius 3 is 1.67 bits per heavy atom. The van der Waals surface area contributed by atoms with E-state index in [1.54, 1.807) is 0 Å². The third kappa shape index (κ3) is 2.19. The van der Waals surface area contributed by atoms with Crippen molar-refractivity contribution in [3.63, 3.8) is 0 Å². The fourth-order valence-corrected chi connectivity index (χ4v) is 1.89. The van der Waals surface area contributed by atoms with Crippen LogP contribution in [0.2, 0.25) is 0 Å². The van der Waals surface area contributed by atoms with Crippen molar-refractivity contribution in [2.24, 2.45) is 0 Å². The molecule has 1 saturated heterocycles. The van der Waals surface area contributed by atoms with Crippen LogP contribution in [0.15, 0.2) is 0 Å². The zero-order valence-corrected chi connectivity index (χ0v) is 9.04. The SMILES string of the molecule is O=C(F)C(F)(F)C(F)(N1CCCCC1)C(F)(F)F. The molecule has 0 aromatic rings. The van der Waals surface area contributed by atoms with Crippen LogP contribution < -0.4 is 0 Å². The van der Waals surface area contributed by atoms with Gasteiger partial charge < -0.3 is 0 Å². The van der Waals surface area contributed by atoms with Gasteiger partial charge >= 0.3 is 23.9 Å². The number of halogens is 7. The fraction of sp³-hybridized carbons (Fsp3) is 0.889. The highest BCUT2D eigenvalue weighted by Crippen LogP contribution is 2.48. The first-order valence-electron chi connectivity index (χ1n) is 5.13. The van der Waals surface area contributed by atoms with E-state index >= 15 is 0 Å². The van der Waals surface area contributed by atoms with Gasteiger partial charge in [0, 0.05) is 13.1 Å². The van der Waals surface area contributed by atoms with Gasteiger partial charge in [-0.3, -0.25) is 9.69 Å². The molecule has 0 radical (unpaired) electrons. The number of carbonyl (C=O) groups is 1. The van der Waals surface area contributed by atoms with Crippen LogP contribution in [0, 0.1) is 0 Å². The standard InChI is InChI=1S/C9H10F7NO/c10-6(18)7(11,12)8(13,9(14,15)16)17-4-2-1-3-5-17/h1-5H2. The second kappa shape index (κ2) is 4.67. The maximum atomic E-state index is 13.8. The molecule has 0 aromatic heterocycles. The monoisotopic (exact) mass is 281 g/mol. The van der Waals surface area contributed by atoms with E-state index in [1.165, 1.54) is 0 Å². The molecule has 0 spiro atoms.